The number of thiophene rings is 1. The Morgan fingerprint density at radius 1 is 1.05 bits per heavy atom. The van der Waals surface area contributed by atoms with E-state index in [2.05, 4.69) is 54.4 Å². The first kappa shape index (κ1) is 14.8. The molecular weight excluding hydrogens is 328 g/mol. The molecule has 1 heterocycles. The number of hydrogen-bond acceptors (Lipinski definition) is 1. The fourth-order valence-corrected chi connectivity index (χ4v) is 3.49. The van der Waals surface area contributed by atoms with Crippen molar-refractivity contribution in [2.45, 2.75) is 0 Å². The first-order valence-corrected chi connectivity index (χ1v) is 7.72. The summed E-state index contributed by atoms with van der Waals surface area (Å²) in [5, 5.41) is 0.984. The summed E-state index contributed by atoms with van der Waals surface area (Å²) in [7, 11) is 0. The molecule has 20 heavy (non-hydrogen) atoms. The summed E-state index contributed by atoms with van der Waals surface area (Å²) in [6, 6.07) is 8.19. The van der Waals surface area contributed by atoms with E-state index < -0.39 is 0 Å². The molecule has 0 unspecified atom stereocenters. The summed E-state index contributed by atoms with van der Waals surface area (Å²) in [5.74, 6) is 0. The van der Waals surface area contributed by atoms with Crippen molar-refractivity contribution in [2.75, 3.05) is 0 Å². The average molecular weight is 343 g/mol. The fourth-order valence-electron chi connectivity index (χ4n) is 2.06. The highest BCUT2D eigenvalue weighted by molar-refractivity contribution is 9.10. The summed E-state index contributed by atoms with van der Waals surface area (Å²) < 4.78 is 2.18. The van der Waals surface area contributed by atoms with Crippen molar-refractivity contribution in [3.8, 4) is 0 Å². The lowest BCUT2D eigenvalue weighted by Crippen LogP contribution is -2.21. The second-order valence-corrected chi connectivity index (χ2v) is 6.19. The van der Waals surface area contributed by atoms with Crippen LogP contribution in [-0.2, 0) is 0 Å². The van der Waals surface area contributed by atoms with Crippen LogP contribution in [0.3, 0.4) is 0 Å². The van der Waals surface area contributed by atoms with Crippen molar-refractivity contribution in [3.63, 3.8) is 0 Å². The Balaban J connectivity index is 2.84. The molecule has 1 aromatic carbocycles. The van der Waals surface area contributed by atoms with Gasteiger partial charge in [0.15, 0.2) is 0 Å². The van der Waals surface area contributed by atoms with E-state index in [9.17, 15) is 0 Å². The first-order valence-electron chi connectivity index (χ1n) is 6.11. The molecule has 1 aromatic heterocycles. The summed E-state index contributed by atoms with van der Waals surface area (Å²) in [6.45, 7) is 15.8. The van der Waals surface area contributed by atoms with Crippen molar-refractivity contribution in [1.29, 1.82) is 0 Å². The molecule has 0 saturated carbocycles. The Hall–Kier alpha value is -1.64. The Morgan fingerprint density at radius 2 is 1.70 bits per heavy atom. The number of halogens is 1. The van der Waals surface area contributed by atoms with Gasteiger partial charge >= 0.3 is 0 Å². The molecule has 0 saturated heterocycles. The van der Waals surface area contributed by atoms with Crippen LogP contribution >= 0.6 is 27.3 Å². The van der Waals surface area contributed by atoms with Gasteiger partial charge in [-0.25, -0.2) is 0 Å². The van der Waals surface area contributed by atoms with Crippen molar-refractivity contribution in [1.82, 2.24) is 0 Å². The van der Waals surface area contributed by atoms with Gasteiger partial charge in [-0.1, -0.05) is 72.6 Å². The average Bonchev–Trinajstić information content (AvgIpc) is 2.78. The number of benzene rings is 1. The molecule has 0 aliphatic rings. The van der Waals surface area contributed by atoms with Crippen LogP contribution in [0.1, 0.15) is 16.0 Å². The summed E-state index contributed by atoms with van der Waals surface area (Å²) >= 11 is 5.12. The van der Waals surface area contributed by atoms with Crippen molar-refractivity contribution < 1.29 is 0 Å². The van der Waals surface area contributed by atoms with Gasteiger partial charge in [-0.2, -0.15) is 0 Å². The van der Waals surface area contributed by atoms with Crippen LogP contribution in [-0.4, -0.2) is 0 Å². The monoisotopic (exact) mass is 342 g/mol. The molecule has 2 heteroatoms. The van der Waals surface area contributed by atoms with Gasteiger partial charge < -0.3 is 0 Å². The van der Waals surface area contributed by atoms with Crippen LogP contribution in [0.25, 0.3) is 24.3 Å². The lowest BCUT2D eigenvalue weighted by molar-refractivity contribution is 1.56. The van der Waals surface area contributed by atoms with E-state index in [1.807, 2.05) is 30.4 Å². The van der Waals surface area contributed by atoms with Gasteiger partial charge in [0.25, 0.3) is 0 Å². The van der Waals surface area contributed by atoms with Gasteiger partial charge in [-0.05, 0) is 34.1 Å². The predicted molar refractivity (Wildman–Crippen MR) is 96.1 cm³/mol. The Morgan fingerprint density at radius 3 is 2.15 bits per heavy atom. The maximum Gasteiger partial charge on any atom is 0.0427 e. The molecule has 0 spiro atoms. The molecule has 0 radical (unpaired) electrons. The molecule has 2 rings (SSSR count). The molecule has 0 amide bonds. The third-order valence-corrected chi connectivity index (χ3v) is 4.88. The van der Waals surface area contributed by atoms with Gasteiger partial charge in [0, 0.05) is 13.9 Å². The number of rotatable bonds is 4. The molecule has 0 atom stereocenters. The largest absolute Gasteiger partial charge is 0.135 e. The Bertz CT molecular complexity index is 776. The van der Waals surface area contributed by atoms with E-state index in [0.717, 1.165) is 35.8 Å². The van der Waals surface area contributed by atoms with E-state index in [-0.39, 0.29) is 0 Å². The van der Waals surface area contributed by atoms with Crippen molar-refractivity contribution >= 4 is 51.6 Å². The molecule has 0 fully saturated rings. The van der Waals surface area contributed by atoms with E-state index in [0.29, 0.717) is 0 Å². The SMILES string of the molecule is C=C/C(c1ccc(Br)cc1)=c1/sc(C=C)c(C=C)c1=C. The zero-order valence-electron chi connectivity index (χ0n) is 11.2. The van der Waals surface area contributed by atoms with Crippen LogP contribution in [0.2, 0.25) is 0 Å². The Labute approximate surface area is 131 Å². The lowest BCUT2D eigenvalue weighted by atomic mass is 10.1. The minimum absolute atomic E-state index is 0.984. The highest BCUT2D eigenvalue weighted by atomic mass is 79.9. The van der Waals surface area contributed by atoms with Crippen LogP contribution in [0, 0.1) is 0 Å². The normalized spacial score (nSPS) is 11.8. The highest BCUT2D eigenvalue weighted by Crippen LogP contribution is 2.18. The molecule has 2 aromatic rings. The standard InChI is InChI=1S/C18H15BrS/c1-5-15-12(4)18(20-17(15)7-3)16(6-2)13-8-10-14(19)11-9-13/h5-11H,1-4H2/b18-16-. The second kappa shape index (κ2) is 6.21. The zero-order chi connectivity index (χ0) is 14.7. The van der Waals surface area contributed by atoms with Crippen molar-refractivity contribution in [3.05, 3.63) is 80.3 Å². The molecular formula is C18H15BrS. The number of hydrogen-bond donors (Lipinski definition) is 0. The first-order chi connectivity index (χ1) is 9.62. The maximum atomic E-state index is 4.19. The lowest BCUT2D eigenvalue weighted by Gasteiger charge is -2.01. The minimum atomic E-state index is 0.984. The smallest absolute Gasteiger partial charge is 0.0427 e. The third kappa shape index (κ3) is 2.62. The van der Waals surface area contributed by atoms with Gasteiger partial charge in [-0.15, -0.1) is 11.3 Å². The van der Waals surface area contributed by atoms with Gasteiger partial charge in [0.2, 0.25) is 0 Å². The predicted octanol–water partition coefficient (Wildman–Crippen LogP) is 4.59. The highest BCUT2D eigenvalue weighted by Gasteiger charge is 2.07. The summed E-state index contributed by atoms with van der Waals surface area (Å²) in [5.41, 5.74) is 3.26. The topological polar surface area (TPSA) is 0 Å². The van der Waals surface area contributed by atoms with E-state index >= 15 is 0 Å². The van der Waals surface area contributed by atoms with Gasteiger partial charge in [0.1, 0.15) is 0 Å². The van der Waals surface area contributed by atoms with Gasteiger partial charge in [-0.3, -0.25) is 0 Å². The quantitative estimate of drug-likeness (QED) is 0.762. The van der Waals surface area contributed by atoms with Crippen LogP contribution < -0.4 is 9.75 Å². The zero-order valence-corrected chi connectivity index (χ0v) is 13.6. The van der Waals surface area contributed by atoms with E-state index in [1.165, 1.54) is 0 Å². The molecule has 0 N–H and O–H groups in total. The molecule has 100 valence electrons. The van der Waals surface area contributed by atoms with E-state index in [1.54, 1.807) is 11.3 Å². The molecule has 0 aliphatic carbocycles. The number of allylic oxidation sites excluding steroid dienone is 1. The van der Waals surface area contributed by atoms with Crippen molar-refractivity contribution in [2.24, 2.45) is 0 Å². The van der Waals surface area contributed by atoms with Gasteiger partial charge in [0.05, 0.1) is 0 Å². The van der Waals surface area contributed by atoms with Crippen LogP contribution in [0.5, 0.6) is 0 Å². The fraction of sp³-hybridized carbons (Fsp3) is 0. The van der Waals surface area contributed by atoms with Crippen LogP contribution in [0.15, 0.2) is 54.6 Å². The maximum absolute atomic E-state index is 4.19. The molecule has 0 bridgehead atoms. The molecule has 0 nitrogen and oxygen atoms in total. The molecule has 0 aliphatic heterocycles. The Kier molecular flexibility index (Phi) is 4.58. The minimum Gasteiger partial charge on any atom is -0.135 e. The summed E-state index contributed by atoms with van der Waals surface area (Å²) in [6.07, 6.45) is 5.56. The third-order valence-electron chi connectivity index (χ3n) is 3.07. The van der Waals surface area contributed by atoms with E-state index in [4.69, 9.17) is 0 Å². The van der Waals surface area contributed by atoms with Crippen LogP contribution in [0.4, 0.5) is 0 Å². The second-order valence-electron chi connectivity index (χ2n) is 4.22. The summed E-state index contributed by atoms with van der Waals surface area (Å²) in [4.78, 5) is 1.09.